The van der Waals surface area contributed by atoms with Crippen LogP contribution in [0.25, 0.3) is 11.7 Å². The van der Waals surface area contributed by atoms with Crippen LogP contribution in [0.5, 0.6) is 0 Å². The van der Waals surface area contributed by atoms with Crippen LogP contribution in [0, 0.1) is 0 Å². The molecule has 1 aliphatic rings. The summed E-state index contributed by atoms with van der Waals surface area (Å²) in [6.07, 6.45) is 3.27. The van der Waals surface area contributed by atoms with Crippen LogP contribution < -0.4 is 0 Å². The number of carbonyl (C=O) groups excluding carboxylic acids is 1. The first-order valence-corrected chi connectivity index (χ1v) is 10.2. The van der Waals surface area contributed by atoms with Gasteiger partial charge in [0.1, 0.15) is 0 Å². The van der Waals surface area contributed by atoms with Gasteiger partial charge < -0.3 is 13.7 Å². The van der Waals surface area contributed by atoms with Gasteiger partial charge in [0.25, 0.3) is 5.89 Å². The zero-order valence-corrected chi connectivity index (χ0v) is 15.7. The lowest BCUT2D eigenvalue weighted by Gasteiger charge is -2.30. The van der Waals surface area contributed by atoms with Crippen molar-refractivity contribution in [2.75, 3.05) is 18.8 Å². The lowest BCUT2D eigenvalue weighted by molar-refractivity contribution is -0.129. The Balaban J connectivity index is 1.24. The SMILES string of the molecule is O=C(CSCc1ccccc1)N1CCC(c2nnc(-c3ccco3)o2)CC1. The van der Waals surface area contributed by atoms with Crippen LogP contribution in [-0.2, 0) is 10.5 Å². The Morgan fingerprint density at radius 1 is 1.11 bits per heavy atom. The van der Waals surface area contributed by atoms with E-state index >= 15 is 0 Å². The Morgan fingerprint density at radius 3 is 2.67 bits per heavy atom. The Hall–Kier alpha value is -2.54. The van der Waals surface area contributed by atoms with Gasteiger partial charge in [-0.2, -0.15) is 0 Å². The topological polar surface area (TPSA) is 72.4 Å². The molecule has 0 aliphatic carbocycles. The lowest BCUT2D eigenvalue weighted by Crippen LogP contribution is -2.39. The third-order valence-electron chi connectivity index (χ3n) is 4.71. The number of nitrogens with zero attached hydrogens (tertiary/aromatic N) is 3. The first-order chi connectivity index (χ1) is 13.3. The zero-order valence-electron chi connectivity index (χ0n) is 14.9. The first-order valence-electron chi connectivity index (χ1n) is 9.06. The van der Waals surface area contributed by atoms with Crippen molar-refractivity contribution in [1.29, 1.82) is 0 Å². The lowest BCUT2D eigenvalue weighted by atomic mass is 9.97. The number of hydrogen-bond donors (Lipinski definition) is 0. The summed E-state index contributed by atoms with van der Waals surface area (Å²) in [6.45, 7) is 1.46. The van der Waals surface area contributed by atoms with Crippen molar-refractivity contribution in [2.24, 2.45) is 0 Å². The normalized spacial score (nSPS) is 15.2. The van der Waals surface area contributed by atoms with Crippen molar-refractivity contribution in [3.8, 4) is 11.7 Å². The molecule has 3 heterocycles. The van der Waals surface area contributed by atoms with Crippen LogP contribution in [0.15, 0.2) is 57.6 Å². The number of likely N-dealkylation sites (tertiary alicyclic amines) is 1. The fourth-order valence-corrected chi connectivity index (χ4v) is 4.08. The summed E-state index contributed by atoms with van der Waals surface area (Å²) in [5.74, 6) is 3.40. The highest BCUT2D eigenvalue weighted by Gasteiger charge is 2.27. The maximum atomic E-state index is 12.4. The van der Waals surface area contributed by atoms with Crippen molar-refractivity contribution in [3.05, 3.63) is 60.2 Å². The van der Waals surface area contributed by atoms with E-state index in [2.05, 4.69) is 22.3 Å². The molecule has 7 heteroatoms. The molecule has 0 unspecified atom stereocenters. The first kappa shape index (κ1) is 17.9. The molecule has 1 aromatic carbocycles. The minimum Gasteiger partial charge on any atom is -0.459 e. The third kappa shape index (κ3) is 4.42. The number of rotatable bonds is 6. The molecular formula is C20H21N3O3S. The minimum absolute atomic E-state index is 0.197. The van der Waals surface area contributed by atoms with E-state index in [0.29, 0.717) is 23.3 Å². The Morgan fingerprint density at radius 2 is 1.93 bits per heavy atom. The molecule has 1 saturated heterocycles. The van der Waals surface area contributed by atoms with Crippen molar-refractivity contribution in [1.82, 2.24) is 15.1 Å². The smallest absolute Gasteiger partial charge is 0.283 e. The van der Waals surface area contributed by atoms with E-state index in [4.69, 9.17) is 8.83 Å². The highest BCUT2D eigenvalue weighted by atomic mass is 32.2. The van der Waals surface area contributed by atoms with Gasteiger partial charge in [-0.1, -0.05) is 30.3 Å². The molecule has 2 aromatic heterocycles. The number of benzene rings is 1. The van der Waals surface area contributed by atoms with Gasteiger partial charge in [0.15, 0.2) is 5.76 Å². The van der Waals surface area contributed by atoms with Gasteiger partial charge in [-0.3, -0.25) is 4.79 Å². The van der Waals surface area contributed by atoms with E-state index in [1.165, 1.54) is 5.56 Å². The van der Waals surface area contributed by atoms with Gasteiger partial charge in [0.05, 0.1) is 12.0 Å². The molecule has 6 nitrogen and oxygen atoms in total. The summed E-state index contributed by atoms with van der Waals surface area (Å²) in [6, 6.07) is 13.8. The largest absolute Gasteiger partial charge is 0.459 e. The Labute approximate surface area is 162 Å². The Kier molecular flexibility index (Phi) is 5.58. The number of hydrogen-bond acceptors (Lipinski definition) is 6. The molecule has 4 rings (SSSR count). The average molecular weight is 383 g/mol. The average Bonchev–Trinajstić information content (AvgIpc) is 3.41. The summed E-state index contributed by atoms with van der Waals surface area (Å²) in [5, 5.41) is 8.23. The van der Waals surface area contributed by atoms with Crippen LogP contribution in [-0.4, -0.2) is 39.8 Å². The molecule has 0 atom stereocenters. The van der Waals surface area contributed by atoms with Gasteiger partial charge in [-0.15, -0.1) is 22.0 Å². The second kappa shape index (κ2) is 8.43. The van der Waals surface area contributed by atoms with Gasteiger partial charge in [0, 0.05) is 24.8 Å². The fraction of sp³-hybridized carbons (Fsp3) is 0.350. The van der Waals surface area contributed by atoms with Crippen LogP contribution >= 0.6 is 11.8 Å². The molecule has 1 fully saturated rings. The molecule has 0 radical (unpaired) electrons. The second-order valence-corrected chi connectivity index (χ2v) is 7.54. The molecule has 0 bridgehead atoms. The van der Waals surface area contributed by atoms with Crippen LogP contribution in [0.1, 0.15) is 30.2 Å². The molecule has 27 heavy (non-hydrogen) atoms. The molecular weight excluding hydrogens is 362 g/mol. The third-order valence-corrected chi connectivity index (χ3v) is 5.70. The second-order valence-electron chi connectivity index (χ2n) is 6.56. The molecule has 1 aliphatic heterocycles. The Bertz CT molecular complexity index is 856. The molecule has 140 valence electrons. The van der Waals surface area contributed by atoms with E-state index in [9.17, 15) is 4.79 Å². The highest BCUT2D eigenvalue weighted by Crippen LogP contribution is 2.29. The zero-order chi connectivity index (χ0) is 18.5. The summed E-state index contributed by atoms with van der Waals surface area (Å²) in [5.41, 5.74) is 1.25. The van der Waals surface area contributed by atoms with Crippen molar-refractivity contribution in [2.45, 2.75) is 24.5 Å². The number of aromatic nitrogens is 2. The standard InChI is InChI=1S/C20H21N3O3S/c24-18(14-27-13-15-5-2-1-3-6-15)23-10-8-16(9-11-23)19-21-22-20(26-19)17-7-4-12-25-17/h1-7,12,16H,8-11,13-14H2. The minimum atomic E-state index is 0.197. The molecule has 3 aromatic rings. The monoisotopic (exact) mass is 383 g/mol. The van der Waals surface area contributed by atoms with E-state index < -0.39 is 0 Å². The van der Waals surface area contributed by atoms with E-state index in [1.807, 2.05) is 23.1 Å². The maximum absolute atomic E-state index is 12.4. The van der Waals surface area contributed by atoms with Gasteiger partial charge in [0.2, 0.25) is 11.8 Å². The molecule has 0 N–H and O–H groups in total. The van der Waals surface area contributed by atoms with Gasteiger partial charge in [-0.25, -0.2) is 0 Å². The van der Waals surface area contributed by atoms with E-state index in [0.717, 1.165) is 31.7 Å². The van der Waals surface area contributed by atoms with Crippen molar-refractivity contribution < 1.29 is 13.6 Å². The quantitative estimate of drug-likeness (QED) is 0.641. The maximum Gasteiger partial charge on any atom is 0.283 e. The van der Waals surface area contributed by atoms with E-state index in [-0.39, 0.29) is 11.8 Å². The number of amides is 1. The summed E-state index contributed by atoms with van der Waals surface area (Å²) in [4.78, 5) is 14.4. The molecule has 0 saturated carbocycles. The molecule has 0 spiro atoms. The number of piperidine rings is 1. The van der Waals surface area contributed by atoms with Crippen LogP contribution in [0.3, 0.4) is 0 Å². The number of carbonyl (C=O) groups is 1. The summed E-state index contributed by atoms with van der Waals surface area (Å²) in [7, 11) is 0. The fourth-order valence-electron chi connectivity index (χ4n) is 3.20. The van der Waals surface area contributed by atoms with Crippen molar-refractivity contribution in [3.63, 3.8) is 0 Å². The van der Waals surface area contributed by atoms with Gasteiger partial charge >= 0.3 is 0 Å². The van der Waals surface area contributed by atoms with Crippen molar-refractivity contribution >= 4 is 17.7 Å². The highest BCUT2D eigenvalue weighted by molar-refractivity contribution is 7.99. The van der Waals surface area contributed by atoms with Crippen LogP contribution in [0.2, 0.25) is 0 Å². The summed E-state index contributed by atoms with van der Waals surface area (Å²) >= 11 is 1.66. The van der Waals surface area contributed by atoms with Gasteiger partial charge in [-0.05, 0) is 30.5 Å². The number of furan rings is 1. The number of thioether (sulfide) groups is 1. The summed E-state index contributed by atoms with van der Waals surface area (Å²) < 4.78 is 11.0. The van der Waals surface area contributed by atoms with Crippen LogP contribution in [0.4, 0.5) is 0 Å². The molecule has 1 amide bonds. The predicted octanol–water partition coefficient (Wildman–Crippen LogP) is 3.97. The van der Waals surface area contributed by atoms with E-state index in [1.54, 1.807) is 30.2 Å². The predicted molar refractivity (Wildman–Crippen MR) is 103 cm³/mol.